The van der Waals surface area contributed by atoms with Crippen molar-refractivity contribution in [1.82, 2.24) is 4.90 Å². The summed E-state index contributed by atoms with van der Waals surface area (Å²) in [6.45, 7) is 0.681. The molecule has 0 spiro atoms. The first-order valence-corrected chi connectivity index (χ1v) is 6.52. The number of halogens is 4. The summed E-state index contributed by atoms with van der Waals surface area (Å²) in [6.07, 6.45) is -3.62. The normalized spacial score (nSPS) is 17.1. The number of benzene rings is 1. The summed E-state index contributed by atoms with van der Waals surface area (Å²) in [7, 11) is 1.56. The van der Waals surface area contributed by atoms with Gasteiger partial charge in [-0.05, 0) is 25.0 Å². The third-order valence-corrected chi connectivity index (χ3v) is 3.60. The summed E-state index contributed by atoms with van der Waals surface area (Å²) in [5.41, 5.74) is -1.96. The maximum absolute atomic E-state index is 13.9. The Hall–Kier alpha value is -1.63. The molecule has 2 rings (SSSR count). The minimum Gasteiger partial charge on any atom is -0.381 e. The fourth-order valence-electron chi connectivity index (χ4n) is 2.38. The smallest absolute Gasteiger partial charge is 0.381 e. The van der Waals surface area contributed by atoms with Gasteiger partial charge in [0.15, 0.2) is 0 Å². The number of hydrogen-bond donors (Lipinski definition) is 0. The van der Waals surface area contributed by atoms with Crippen LogP contribution in [-0.2, 0) is 10.9 Å². The van der Waals surface area contributed by atoms with E-state index in [1.807, 2.05) is 0 Å². The van der Waals surface area contributed by atoms with E-state index in [1.165, 1.54) is 4.90 Å². The monoisotopic (exact) mass is 305 g/mol. The van der Waals surface area contributed by atoms with Crippen molar-refractivity contribution in [1.29, 1.82) is 0 Å². The first kappa shape index (κ1) is 15.8. The zero-order chi connectivity index (χ0) is 15.6. The standard InChI is InChI=1S/C14H15F4NO2/c1-21-9-5-7-19(8-6-9)13(20)10-3-2-4-11(12(10)15)14(16,17)18/h2-4,9H,5-8H2,1H3. The molecule has 1 aromatic rings. The molecule has 0 atom stereocenters. The van der Waals surface area contributed by atoms with Gasteiger partial charge in [0.1, 0.15) is 5.82 Å². The van der Waals surface area contributed by atoms with E-state index in [4.69, 9.17) is 4.74 Å². The van der Waals surface area contributed by atoms with Crippen LogP contribution in [0.2, 0.25) is 0 Å². The first-order chi connectivity index (χ1) is 9.84. The molecule has 1 fully saturated rings. The summed E-state index contributed by atoms with van der Waals surface area (Å²) in [5, 5.41) is 0. The summed E-state index contributed by atoms with van der Waals surface area (Å²) >= 11 is 0. The molecule has 116 valence electrons. The average Bonchev–Trinajstić information content (AvgIpc) is 2.45. The van der Waals surface area contributed by atoms with Gasteiger partial charge < -0.3 is 9.64 Å². The quantitative estimate of drug-likeness (QED) is 0.786. The fraction of sp³-hybridized carbons (Fsp3) is 0.500. The van der Waals surface area contributed by atoms with Crippen molar-refractivity contribution >= 4 is 5.91 Å². The van der Waals surface area contributed by atoms with E-state index < -0.39 is 29.0 Å². The van der Waals surface area contributed by atoms with Crippen molar-refractivity contribution < 1.29 is 27.1 Å². The maximum Gasteiger partial charge on any atom is 0.419 e. The molecule has 0 unspecified atom stereocenters. The Bertz CT molecular complexity index is 522. The number of nitrogens with zero attached hydrogens (tertiary/aromatic N) is 1. The lowest BCUT2D eigenvalue weighted by atomic mass is 10.0. The second kappa shape index (κ2) is 6.01. The molecule has 1 amide bonds. The van der Waals surface area contributed by atoms with Crippen LogP contribution in [0.15, 0.2) is 18.2 Å². The van der Waals surface area contributed by atoms with Gasteiger partial charge in [-0.3, -0.25) is 4.79 Å². The minimum absolute atomic E-state index is 0.0282. The van der Waals surface area contributed by atoms with Gasteiger partial charge in [0.2, 0.25) is 0 Å². The van der Waals surface area contributed by atoms with E-state index in [0.29, 0.717) is 32.0 Å². The van der Waals surface area contributed by atoms with Gasteiger partial charge in [0, 0.05) is 20.2 Å². The maximum atomic E-state index is 13.9. The topological polar surface area (TPSA) is 29.5 Å². The van der Waals surface area contributed by atoms with E-state index in [2.05, 4.69) is 0 Å². The average molecular weight is 305 g/mol. The second-order valence-electron chi connectivity index (χ2n) is 4.89. The third-order valence-electron chi connectivity index (χ3n) is 3.60. The number of alkyl halides is 3. The van der Waals surface area contributed by atoms with Crippen molar-refractivity contribution in [2.75, 3.05) is 20.2 Å². The van der Waals surface area contributed by atoms with Crippen LogP contribution in [0.25, 0.3) is 0 Å². The SMILES string of the molecule is COC1CCN(C(=O)c2cccc(C(F)(F)F)c2F)CC1. The highest BCUT2D eigenvalue weighted by Gasteiger charge is 2.36. The van der Waals surface area contributed by atoms with Crippen LogP contribution in [-0.4, -0.2) is 37.1 Å². The molecule has 1 aliphatic rings. The zero-order valence-corrected chi connectivity index (χ0v) is 11.4. The van der Waals surface area contributed by atoms with Gasteiger partial charge in [0.05, 0.1) is 17.2 Å². The van der Waals surface area contributed by atoms with Crippen LogP contribution < -0.4 is 0 Å². The van der Waals surface area contributed by atoms with Crippen molar-refractivity contribution in [3.05, 3.63) is 35.1 Å². The summed E-state index contributed by atoms with van der Waals surface area (Å²) in [4.78, 5) is 13.5. The lowest BCUT2D eigenvalue weighted by Crippen LogP contribution is -2.41. The van der Waals surface area contributed by atoms with Crippen LogP contribution in [0.3, 0.4) is 0 Å². The predicted molar refractivity (Wildman–Crippen MR) is 67.3 cm³/mol. The Labute approximate surface area is 119 Å². The summed E-state index contributed by atoms with van der Waals surface area (Å²) in [5.74, 6) is -2.22. The van der Waals surface area contributed by atoms with Gasteiger partial charge in [0.25, 0.3) is 5.91 Å². The first-order valence-electron chi connectivity index (χ1n) is 6.52. The molecular formula is C14H15F4NO2. The summed E-state index contributed by atoms with van der Waals surface area (Å²) < 4.78 is 57.0. The van der Waals surface area contributed by atoms with Gasteiger partial charge >= 0.3 is 6.18 Å². The number of hydrogen-bond acceptors (Lipinski definition) is 2. The molecule has 7 heteroatoms. The highest BCUT2D eigenvalue weighted by atomic mass is 19.4. The van der Waals surface area contributed by atoms with Crippen LogP contribution in [0.4, 0.5) is 17.6 Å². The Morgan fingerprint density at radius 3 is 2.43 bits per heavy atom. The van der Waals surface area contributed by atoms with Gasteiger partial charge in [-0.15, -0.1) is 0 Å². The van der Waals surface area contributed by atoms with Gasteiger partial charge in [-0.25, -0.2) is 4.39 Å². The molecule has 0 aliphatic carbocycles. The molecule has 0 aromatic heterocycles. The molecule has 3 nitrogen and oxygen atoms in total. The molecular weight excluding hydrogens is 290 g/mol. The van der Waals surface area contributed by atoms with Crippen LogP contribution in [0, 0.1) is 5.82 Å². The number of piperidine rings is 1. The zero-order valence-electron chi connectivity index (χ0n) is 11.4. The van der Waals surface area contributed by atoms with Gasteiger partial charge in [-0.1, -0.05) is 6.07 Å². The third kappa shape index (κ3) is 3.34. The lowest BCUT2D eigenvalue weighted by Gasteiger charge is -2.31. The molecule has 0 radical (unpaired) electrons. The number of methoxy groups -OCH3 is 1. The number of likely N-dealkylation sites (tertiary alicyclic amines) is 1. The Morgan fingerprint density at radius 1 is 1.29 bits per heavy atom. The molecule has 0 bridgehead atoms. The van der Waals surface area contributed by atoms with Crippen molar-refractivity contribution in [2.45, 2.75) is 25.1 Å². The number of ether oxygens (including phenoxy) is 1. The van der Waals surface area contributed by atoms with E-state index in [-0.39, 0.29) is 6.10 Å². The number of rotatable bonds is 2. The highest BCUT2D eigenvalue weighted by molar-refractivity contribution is 5.94. The Kier molecular flexibility index (Phi) is 4.51. The predicted octanol–water partition coefficient (Wildman–Crippen LogP) is 3.10. The molecule has 1 aliphatic heterocycles. The molecule has 0 N–H and O–H groups in total. The minimum atomic E-state index is -4.82. The van der Waals surface area contributed by atoms with Gasteiger partial charge in [-0.2, -0.15) is 13.2 Å². The van der Waals surface area contributed by atoms with Crippen molar-refractivity contribution in [2.24, 2.45) is 0 Å². The van der Waals surface area contributed by atoms with Crippen LogP contribution in [0.1, 0.15) is 28.8 Å². The largest absolute Gasteiger partial charge is 0.419 e. The van der Waals surface area contributed by atoms with E-state index in [9.17, 15) is 22.4 Å². The van der Waals surface area contributed by atoms with E-state index in [0.717, 1.165) is 12.1 Å². The molecule has 1 heterocycles. The van der Waals surface area contributed by atoms with Crippen molar-refractivity contribution in [3.8, 4) is 0 Å². The molecule has 1 aromatic carbocycles. The van der Waals surface area contributed by atoms with E-state index >= 15 is 0 Å². The number of carbonyl (C=O) groups is 1. The number of amides is 1. The lowest BCUT2D eigenvalue weighted by molar-refractivity contribution is -0.140. The second-order valence-corrected chi connectivity index (χ2v) is 4.89. The summed E-state index contributed by atoms with van der Waals surface area (Å²) in [6, 6.07) is 2.75. The molecule has 0 saturated carbocycles. The van der Waals surface area contributed by atoms with Crippen LogP contribution in [0.5, 0.6) is 0 Å². The molecule has 21 heavy (non-hydrogen) atoms. The molecule has 1 saturated heterocycles. The number of carbonyl (C=O) groups excluding carboxylic acids is 1. The highest BCUT2D eigenvalue weighted by Crippen LogP contribution is 2.32. The van der Waals surface area contributed by atoms with Crippen molar-refractivity contribution in [3.63, 3.8) is 0 Å². The van der Waals surface area contributed by atoms with Crippen LogP contribution >= 0.6 is 0 Å². The van der Waals surface area contributed by atoms with E-state index in [1.54, 1.807) is 7.11 Å². The Morgan fingerprint density at radius 2 is 1.90 bits per heavy atom. The fourth-order valence-corrected chi connectivity index (χ4v) is 2.38. The Balaban J connectivity index is 2.21.